The Morgan fingerprint density at radius 1 is 1.20 bits per heavy atom. The normalized spacial score (nSPS) is 18.9. The monoisotopic (exact) mass is 480 g/mol. The van der Waals surface area contributed by atoms with Gasteiger partial charge in [-0.15, -0.1) is 6.58 Å². The van der Waals surface area contributed by atoms with E-state index in [1.165, 1.54) is 0 Å². The highest BCUT2D eigenvalue weighted by Crippen LogP contribution is 2.43. The molecule has 0 saturated carbocycles. The molecule has 1 aliphatic heterocycles. The lowest BCUT2D eigenvalue weighted by Crippen LogP contribution is -2.48. The zero-order valence-electron chi connectivity index (χ0n) is 20.7. The van der Waals surface area contributed by atoms with Gasteiger partial charge in [-0.1, -0.05) is 38.0 Å². The van der Waals surface area contributed by atoms with Gasteiger partial charge in [0.05, 0.1) is 13.7 Å². The molecule has 1 amide bonds. The molecule has 0 aliphatic carbocycles. The minimum absolute atomic E-state index is 0.0836. The lowest BCUT2D eigenvalue weighted by molar-refractivity contribution is -0.128. The number of hydrogen-bond donors (Lipinski definition) is 2. The molecule has 2 N–H and O–H groups in total. The number of ether oxygens (including phenoxy) is 3. The lowest BCUT2D eigenvalue weighted by Gasteiger charge is -2.29. The SMILES string of the molecule is C=CC[C@@]1(C(=O)NCCCCC)N=C(c2ccc(OCCCO)cc2)O[C@@H]1c1cccc(OC)c1. The number of rotatable bonds is 14. The number of nitrogens with one attached hydrogen (secondary N) is 1. The highest BCUT2D eigenvalue weighted by molar-refractivity contribution is 6.01. The van der Waals surface area contributed by atoms with Crippen LogP contribution in [0.15, 0.2) is 66.2 Å². The summed E-state index contributed by atoms with van der Waals surface area (Å²) >= 11 is 0. The molecule has 188 valence electrons. The number of nitrogens with zero attached hydrogens (tertiary/aromatic N) is 1. The first-order valence-electron chi connectivity index (χ1n) is 12.2. The fraction of sp³-hybridized carbons (Fsp3) is 0.429. The van der Waals surface area contributed by atoms with E-state index in [0.717, 1.165) is 30.4 Å². The summed E-state index contributed by atoms with van der Waals surface area (Å²) in [5, 5.41) is 12.0. The third-order valence-electron chi connectivity index (χ3n) is 5.95. The van der Waals surface area contributed by atoms with Crippen molar-refractivity contribution in [1.29, 1.82) is 0 Å². The van der Waals surface area contributed by atoms with E-state index in [-0.39, 0.29) is 12.5 Å². The number of amides is 1. The molecule has 1 heterocycles. The summed E-state index contributed by atoms with van der Waals surface area (Å²) in [5.41, 5.74) is 0.362. The van der Waals surface area contributed by atoms with E-state index in [1.54, 1.807) is 13.2 Å². The number of unbranched alkanes of at least 4 members (excludes halogenated alkanes) is 2. The number of aliphatic hydroxyl groups is 1. The van der Waals surface area contributed by atoms with Gasteiger partial charge in [0.2, 0.25) is 5.90 Å². The van der Waals surface area contributed by atoms with E-state index >= 15 is 0 Å². The summed E-state index contributed by atoms with van der Waals surface area (Å²) in [6.07, 6.45) is 4.99. The first kappa shape index (κ1) is 26.3. The van der Waals surface area contributed by atoms with E-state index < -0.39 is 11.6 Å². The fourth-order valence-electron chi connectivity index (χ4n) is 4.07. The van der Waals surface area contributed by atoms with Crippen LogP contribution < -0.4 is 14.8 Å². The van der Waals surface area contributed by atoms with Crippen molar-refractivity contribution in [3.05, 3.63) is 72.3 Å². The summed E-state index contributed by atoms with van der Waals surface area (Å²) in [6, 6.07) is 14.9. The van der Waals surface area contributed by atoms with Gasteiger partial charge in [-0.3, -0.25) is 4.79 Å². The molecule has 2 atom stereocenters. The molecule has 2 aromatic rings. The molecule has 0 spiro atoms. The first-order chi connectivity index (χ1) is 17.1. The Labute approximate surface area is 207 Å². The Hall–Kier alpha value is -3.32. The number of carbonyl (C=O) groups excluding carboxylic acids is 1. The molecule has 35 heavy (non-hydrogen) atoms. The number of methoxy groups -OCH3 is 1. The van der Waals surface area contributed by atoms with Crippen molar-refractivity contribution in [2.24, 2.45) is 4.99 Å². The molecule has 0 aromatic heterocycles. The predicted octanol–water partition coefficient (Wildman–Crippen LogP) is 4.60. The molecule has 1 aliphatic rings. The third-order valence-corrected chi connectivity index (χ3v) is 5.95. The van der Waals surface area contributed by atoms with Gasteiger partial charge in [-0.05, 0) is 48.4 Å². The van der Waals surface area contributed by atoms with Gasteiger partial charge in [0, 0.05) is 31.6 Å². The van der Waals surface area contributed by atoms with Crippen LogP contribution in [0.5, 0.6) is 11.5 Å². The number of aliphatic hydroxyl groups excluding tert-OH is 1. The van der Waals surface area contributed by atoms with Gasteiger partial charge >= 0.3 is 0 Å². The summed E-state index contributed by atoms with van der Waals surface area (Å²) in [5.74, 6) is 1.58. The van der Waals surface area contributed by atoms with Crippen LogP contribution in [0, 0.1) is 0 Å². The summed E-state index contributed by atoms with van der Waals surface area (Å²) in [6.45, 7) is 7.14. The Morgan fingerprint density at radius 2 is 2.00 bits per heavy atom. The molecule has 0 saturated heterocycles. The zero-order valence-corrected chi connectivity index (χ0v) is 20.7. The average Bonchev–Trinajstić information content (AvgIpc) is 3.28. The van der Waals surface area contributed by atoms with Gasteiger partial charge in [-0.25, -0.2) is 4.99 Å². The highest BCUT2D eigenvalue weighted by atomic mass is 16.5. The minimum Gasteiger partial charge on any atom is -0.497 e. The maximum Gasteiger partial charge on any atom is 0.252 e. The zero-order chi connectivity index (χ0) is 25.1. The molecule has 2 aromatic carbocycles. The van der Waals surface area contributed by atoms with Crippen molar-refractivity contribution >= 4 is 11.8 Å². The van der Waals surface area contributed by atoms with Crippen LogP contribution in [0.3, 0.4) is 0 Å². The maximum atomic E-state index is 13.6. The minimum atomic E-state index is -1.19. The van der Waals surface area contributed by atoms with Gasteiger partial charge in [-0.2, -0.15) is 0 Å². The number of hydrogen-bond acceptors (Lipinski definition) is 6. The van der Waals surface area contributed by atoms with Crippen molar-refractivity contribution < 1.29 is 24.1 Å². The molecule has 0 unspecified atom stereocenters. The second-order valence-corrected chi connectivity index (χ2v) is 8.52. The molecule has 0 bridgehead atoms. The fourth-order valence-corrected chi connectivity index (χ4v) is 4.07. The summed E-state index contributed by atoms with van der Waals surface area (Å²) in [7, 11) is 1.61. The molecule has 7 heteroatoms. The van der Waals surface area contributed by atoms with E-state index in [2.05, 4.69) is 18.8 Å². The quantitative estimate of drug-likeness (QED) is 0.305. The van der Waals surface area contributed by atoms with Crippen molar-refractivity contribution in [3.63, 3.8) is 0 Å². The van der Waals surface area contributed by atoms with E-state index in [9.17, 15) is 4.79 Å². The van der Waals surface area contributed by atoms with Crippen molar-refractivity contribution in [3.8, 4) is 11.5 Å². The van der Waals surface area contributed by atoms with Crippen LogP contribution in [-0.4, -0.2) is 49.3 Å². The second kappa shape index (κ2) is 13.0. The molecule has 3 rings (SSSR count). The molecule has 7 nitrogen and oxygen atoms in total. The Morgan fingerprint density at radius 3 is 2.69 bits per heavy atom. The highest BCUT2D eigenvalue weighted by Gasteiger charge is 2.52. The molecular formula is C28H36N2O5. The van der Waals surface area contributed by atoms with Crippen LogP contribution in [0.2, 0.25) is 0 Å². The van der Waals surface area contributed by atoms with Crippen molar-refractivity contribution in [1.82, 2.24) is 5.32 Å². The van der Waals surface area contributed by atoms with Crippen LogP contribution in [0.25, 0.3) is 0 Å². The topological polar surface area (TPSA) is 89.4 Å². The van der Waals surface area contributed by atoms with Crippen molar-refractivity contribution in [2.45, 2.75) is 50.7 Å². The van der Waals surface area contributed by atoms with Crippen molar-refractivity contribution in [2.75, 3.05) is 26.9 Å². The number of aliphatic imine (C=N–C) groups is 1. The van der Waals surface area contributed by atoms with Crippen LogP contribution in [-0.2, 0) is 9.53 Å². The smallest absolute Gasteiger partial charge is 0.252 e. The van der Waals surface area contributed by atoms with Gasteiger partial charge in [0.25, 0.3) is 5.91 Å². The average molecular weight is 481 g/mol. The van der Waals surface area contributed by atoms with E-state index in [0.29, 0.717) is 43.4 Å². The van der Waals surface area contributed by atoms with Gasteiger partial charge < -0.3 is 24.6 Å². The summed E-state index contributed by atoms with van der Waals surface area (Å²) < 4.78 is 17.4. The summed E-state index contributed by atoms with van der Waals surface area (Å²) in [4.78, 5) is 18.5. The van der Waals surface area contributed by atoms with Crippen LogP contribution in [0.4, 0.5) is 0 Å². The molecular weight excluding hydrogens is 444 g/mol. The first-order valence-corrected chi connectivity index (χ1v) is 12.2. The standard InChI is InChI=1S/C28H36N2O5/c1-4-6-7-17-29-27(32)28(16-5-2)25(22-10-8-11-24(20-22)33-3)35-26(30-28)21-12-14-23(15-13-21)34-19-9-18-31/h5,8,10-15,20,25,31H,2,4,6-7,9,16-19H2,1,3H3,(H,29,32)/t25-,28-/m1/s1. The van der Waals surface area contributed by atoms with Crippen LogP contribution in [0.1, 0.15) is 56.3 Å². The third kappa shape index (κ3) is 6.42. The number of benzene rings is 2. The largest absolute Gasteiger partial charge is 0.497 e. The Kier molecular flexibility index (Phi) is 9.73. The Bertz CT molecular complexity index is 1000. The van der Waals surface area contributed by atoms with E-state index in [4.69, 9.17) is 24.3 Å². The second-order valence-electron chi connectivity index (χ2n) is 8.52. The Balaban J connectivity index is 1.95. The number of carbonyl (C=O) groups is 1. The molecule has 0 radical (unpaired) electrons. The molecule has 0 fully saturated rings. The van der Waals surface area contributed by atoms with Gasteiger partial charge in [0.15, 0.2) is 11.6 Å². The predicted molar refractivity (Wildman–Crippen MR) is 137 cm³/mol. The van der Waals surface area contributed by atoms with Gasteiger partial charge in [0.1, 0.15) is 11.5 Å². The lowest BCUT2D eigenvalue weighted by atomic mass is 9.84. The maximum absolute atomic E-state index is 13.6. The van der Waals surface area contributed by atoms with E-state index in [1.807, 2.05) is 48.5 Å². The van der Waals surface area contributed by atoms with Crippen LogP contribution >= 0.6 is 0 Å².